The van der Waals surface area contributed by atoms with E-state index >= 15 is 0 Å². The third-order valence-electron chi connectivity index (χ3n) is 4.14. The van der Waals surface area contributed by atoms with Gasteiger partial charge in [-0.3, -0.25) is 0 Å². The number of nitrogens with zero attached hydrogens (tertiary/aromatic N) is 3. The predicted molar refractivity (Wildman–Crippen MR) is 75.5 cm³/mol. The first-order chi connectivity index (χ1) is 7.82. The minimum Gasteiger partial charge on any atom is -0.309 e. The van der Waals surface area contributed by atoms with E-state index < -0.39 is 0 Å². The van der Waals surface area contributed by atoms with Crippen molar-refractivity contribution in [2.24, 2.45) is 5.41 Å². The molecule has 3 nitrogen and oxygen atoms in total. The van der Waals surface area contributed by atoms with Crippen molar-refractivity contribution < 1.29 is 0 Å². The Morgan fingerprint density at radius 1 is 0.882 bits per heavy atom. The monoisotopic (exact) mass is 241 g/mol. The van der Waals surface area contributed by atoms with Crippen LogP contribution in [-0.2, 0) is 0 Å². The highest BCUT2D eigenvalue weighted by Crippen LogP contribution is 2.45. The van der Waals surface area contributed by atoms with E-state index in [2.05, 4.69) is 56.9 Å². The molecular formula is C14H31N3. The molecule has 0 radical (unpaired) electrons. The first-order valence-electron chi connectivity index (χ1n) is 6.82. The molecule has 102 valence electrons. The highest BCUT2D eigenvalue weighted by Gasteiger charge is 2.41. The Balaban J connectivity index is 2.20. The van der Waals surface area contributed by atoms with Gasteiger partial charge in [-0.1, -0.05) is 6.92 Å². The van der Waals surface area contributed by atoms with Crippen LogP contribution in [0, 0.1) is 5.41 Å². The molecule has 0 aliphatic heterocycles. The van der Waals surface area contributed by atoms with Crippen molar-refractivity contribution in [1.29, 1.82) is 0 Å². The molecule has 0 aromatic carbocycles. The molecule has 0 bridgehead atoms. The van der Waals surface area contributed by atoms with E-state index in [1.807, 2.05) is 0 Å². The van der Waals surface area contributed by atoms with Crippen LogP contribution in [0.25, 0.3) is 0 Å². The average Bonchev–Trinajstić information content (AvgIpc) is 2.19. The number of likely N-dealkylation sites (N-methyl/N-ethyl adjacent to an activating group) is 2. The van der Waals surface area contributed by atoms with Crippen molar-refractivity contribution in [1.82, 2.24) is 14.7 Å². The minimum atomic E-state index is 0.599. The topological polar surface area (TPSA) is 9.72 Å². The van der Waals surface area contributed by atoms with Crippen molar-refractivity contribution in [3.8, 4) is 0 Å². The first kappa shape index (κ1) is 14.9. The Labute approximate surface area is 108 Å². The van der Waals surface area contributed by atoms with Gasteiger partial charge in [-0.15, -0.1) is 0 Å². The molecule has 17 heavy (non-hydrogen) atoms. The molecule has 3 heteroatoms. The highest BCUT2D eigenvalue weighted by molar-refractivity contribution is 4.95. The second-order valence-electron chi connectivity index (χ2n) is 6.71. The summed E-state index contributed by atoms with van der Waals surface area (Å²) in [6, 6.07) is 0.821. The summed E-state index contributed by atoms with van der Waals surface area (Å²) in [5.74, 6) is 0. The molecule has 0 aromatic heterocycles. The Kier molecular flexibility index (Phi) is 5.42. The van der Waals surface area contributed by atoms with Gasteiger partial charge in [0, 0.05) is 19.1 Å². The van der Waals surface area contributed by atoms with E-state index in [0.717, 1.165) is 6.04 Å². The highest BCUT2D eigenvalue weighted by atomic mass is 15.2. The largest absolute Gasteiger partial charge is 0.309 e. The van der Waals surface area contributed by atoms with E-state index in [1.54, 1.807) is 0 Å². The molecule has 1 aliphatic carbocycles. The van der Waals surface area contributed by atoms with Gasteiger partial charge in [0.25, 0.3) is 0 Å². The lowest BCUT2D eigenvalue weighted by molar-refractivity contribution is 0.0143. The fourth-order valence-electron chi connectivity index (χ4n) is 2.63. The lowest BCUT2D eigenvalue weighted by atomic mass is 9.64. The van der Waals surface area contributed by atoms with Crippen molar-refractivity contribution in [2.45, 2.75) is 32.2 Å². The van der Waals surface area contributed by atoms with Crippen LogP contribution in [0.4, 0.5) is 0 Å². The first-order valence-corrected chi connectivity index (χ1v) is 6.82. The molecule has 1 fully saturated rings. The average molecular weight is 241 g/mol. The van der Waals surface area contributed by atoms with E-state index in [4.69, 9.17) is 0 Å². The van der Waals surface area contributed by atoms with Gasteiger partial charge in [-0.25, -0.2) is 0 Å². The Hall–Kier alpha value is -0.120. The van der Waals surface area contributed by atoms with Crippen LogP contribution < -0.4 is 0 Å². The van der Waals surface area contributed by atoms with E-state index in [-0.39, 0.29) is 0 Å². The molecule has 0 N–H and O–H groups in total. The van der Waals surface area contributed by atoms with Crippen LogP contribution >= 0.6 is 0 Å². The number of rotatable bonds is 7. The summed E-state index contributed by atoms with van der Waals surface area (Å²) in [6.45, 7) is 6.04. The predicted octanol–water partition coefficient (Wildman–Crippen LogP) is 1.60. The second kappa shape index (κ2) is 6.17. The van der Waals surface area contributed by atoms with Crippen molar-refractivity contribution in [3.63, 3.8) is 0 Å². The van der Waals surface area contributed by atoms with Crippen molar-refractivity contribution in [3.05, 3.63) is 0 Å². The second-order valence-corrected chi connectivity index (χ2v) is 6.71. The van der Waals surface area contributed by atoms with Crippen molar-refractivity contribution in [2.75, 3.05) is 54.9 Å². The van der Waals surface area contributed by atoms with Crippen LogP contribution in [0.5, 0.6) is 0 Å². The number of hydrogen-bond donors (Lipinski definition) is 0. The molecule has 0 amide bonds. The molecule has 1 saturated carbocycles. The SMILES string of the molecule is CN(C)CCN(C)C1CC(C)(CCN(C)C)C1. The zero-order chi connectivity index (χ0) is 13.1. The third-order valence-corrected chi connectivity index (χ3v) is 4.14. The van der Waals surface area contributed by atoms with Gasteiger partial charge in [0.2, 0.25) is 0 Å². The molecule has 0 atom stereocenters. The van der Waals surface area contributed by atoms with Crippen molar-refractivity contribution >= 4 is 0 Å². The molecule has 1 rings (SSSR count). The van der Waals surface area contributed by atoms with Gasteiger partial charge >= 0.3 is 0 Å². The Bertz CT molecular complexity index is 220. The summed E-state index contributed by atoms with van der Waals surface area (Å²) >= 11 is 0. The van der Waals surface area contributed by atoms with Crippen LogP contribution in [0.1, 0.15) is 26.2 Å². The summed E-state index contributed by atoms with van der Waals surface area (Å²) in [5.41, 5.74) is 0.599. The fraction of sp³-hybridized carbons (Fsp3) is 1.00. The normalized spacial score (nSPS) is 29.1. The molecule has 0 spiro atoms. The van der Waals surface area contributed by atoms with Crippen LogP contribution in [0.2, 0.25) is 0 Å². The standard InChI is InChI=1S/C14H31N3/c1-14(7-8-15(2)3)11-13(12-14)17(6)10-9-16(4)5/h13H,7-12H2,1-6H3. The molecule has 0 unspecified atom stereocenters. The molecule has 0 heterocycles. The van der Waals surface area contributed by atoms with E-state index in [9.17, 15) is 0 Å². The molecule has 1 aliphatic rings. The zero-order valence-corrected chi connectivity index (χ0v) is 12.7. The summed E-state index contributed by atoms with van der Waals surface area (Å²) < 4.78 is 0. The van der Waals surface area contributed by atoms with Crippen LogP contribution in [0.3, 0.4) is 0 Å². The van der Waals surface area contributed by atoms with Gasteiger partial charge in [-0.05, 0) is 66.5 Å². The maximum Gasteiger partial charge on any atom is 0.0109 e. The molecular weight excluding hydrogens is 210 g/mol. The maximum atomic E-state index is 2.54. The van der Waals surface area contributed by atoms with Gasteiger partial charge < -0.3 is 14.7 Å². The Morgan fingerprint density at radius 2 is 1.41 bits per heavy atom. The minimum absolute atomic E-state index is 0.599. The summed E-state index contributed by atoms with van der Waals surface area (Å²) in [6.07, 6.45) is 4.10. The quantitative estimate of drug-likeness (QED) is 0.670. The van der Waals surface area contributed by atoms with Gasteiger partial charge in [0.1, 0.15) is 0 Å². The maximum absolute atomic E-state index is 2.54. The summed E-state index contributed by atoms with van der Waals surface area (Å²) in [4.78, 5) is 7.10. The Morgan fingerprint density at radius 3 is 1.88 bits per heavy atom. The van der Waals surface area contributed by atoms with E-state index in [1.165, 1.54) is 38.9 Å². The van der Waals surface area contributed by atoms with Gasteiger partial charge in [0.05, 0.1) is 0 Å². The lowest BCUT2D eigenvalue weighted by Crippen LogP contribution is -2.50. The number of hydrogen-bond acceptors (Lipinski definition) is 3. The van der Waals surface area contributed by atoms with E-state index in [0.29, 0.717) is 5.41 Å². The molecule has 0 saturated heterocycles. The fourth-order valence-corrected chi connectivity index (χ4v) is 2.63. The smallest absolute Gasteiger partial charge is 0.0109 e. The summed E-state index contributed by atoms with van der Waals surface area (Å²) in [7, 11) is 10.9. The lowest BCUT2D eigenvalue weighted by Gasteiger charge is -2.50. The third kappa shape index (κ3) is 4.94. The van der Waals surface area contributed by atoms with Gasteiger partial charge in [-0.2, -0.15) is 0 Å². The molecule has 0 aromatic rings. The van der Waals surface area contributed by atoms with Crippen LogP contribution in [-0.4, -0.2) is 75.6 Å². The van der Waals surface area contributed by atoms with Crippen LogP contribution in [0.15, 0.2) is 0 Å². The zero-order valence-electron chi connectivity index (χ0n) is 12.7. The summed E-state index contributed by atoms with van der Waals surface area (Å²) in [5, 5.41) is 0. The van der Waals surface area contributed by atoms with Gasteiger partial charge in [0.15, 0.2) is 0 Å².